The number of nitrogens with zero attached hydrogens (tertiary/aromatic N) is 3. The number of aromatic nitrogens is 3. The number of hydrogen-bond donors (Lipinski definition) is 0. The second-order valence-electron chi connectivity index (χ2n) is 3.17. The highest BCUT2D eigenvalue weighted by atomic mass is 35.5. The average molecular weight is 329 g/mol. The van der Waals surface area contributed by atoms with Gasteiger partial charge in [0.25, 0.3) is 0 Å². The van der Waals surface area contributed by atoms with Crippen molar-refractivity contribution in [1.82, 2.24) is 13.8 Å². The Hall–Kier alpha value is -0.690. The van der Waals surface area contributed by atoms with Gasteiger partial charge in [-0.15, -0.1) is 9.19 Å². The van der Waals surface area contributed by atoms with Gasteiger partial charge in [-0.05, 0) is 24.3 Å². The van der Waals surface area contributed by atoms with Gasteiger partial charge in [-0.3, -0.25) is 0 Å². The molecule has 4 nitrogen and oxygen atoms in total. The second kappa shape index (κ2) is 5.13. The highest BCUT2D eigenvalue weighted by molar-refractivity contribution is 8.01. The molecule has 18 heavy (non-hydrogen) atoms. The van der Waals surface area contributed by atoms with Crippen LogP contribution in [-0.4, -0.2) is 17.7 Å². The van der Waals surface area contributed by atoms with Crippen LogP contribution in [0.2, 0.25) is 5.02 Å². The fraction of sp³-hybridized carbons (Fsp3) is 0.111. The lowest BCUT2D eigenvalue weighted by molar-refractivity contribution is 0.513. The number of hydrogen-bond acceptors (Lipinski definition) is 3. The molecule has 0 N–H and O–H groups in total. The van der Waals surface area contributed by atoms with Crippen LogP contribution < -0.4 is 5.69 Å². The topological polar surface area (TPSA) is 39.8 Å². The van der Waals surface area contributed by atoms with Crippen molar-refractivity contribution in [2.75, 3.05) is 0 Å². The Morgan fingerprint density at radius 3 is 2.44 bits per heavy atom. The molecule has 0 bridgehead atoms. The molecule has 9 heteroatoms. The third kappa shape index (κ3) is 3.20. The Kier molecular flexibility index (Phi) is 3.91. The maximum absolute atomic E-state index is 13.0. The molecule has 0 unspecified atom stereocenters. The van der Waals surface area contributed by atoms with Gasteiger partial charge in [-0.1, -0.05) is 34.8 Å². The summed E-state index contributed by atoms with van der Waals surface area (Å²) < 4.78 is 12.3. The molecular formula is C9H5Cl3FN3OS. The Balaban J connectivity index is 2.37. The van der Waals surface area contributed by atoms with Gasteiger partial charge in [-0.2, -0.15) is 4.39 Å². The van der Waals surface area contributed by atoms with E-state index in [9.17, 15) is 9.18 Å². The van der Waals surface area contributed by atoms with Crippen molar-refractivity contribution in [2.24, 2.45) is 0 Å². The standard InChI is InChI=1S/C9H5Cl3FN3OS/c10-6-1-3-7(4-2-6)15-5-14-16(8(15)17)18-9(11,12)13/h1-5H. The van der Waals surface area contributed by atoms with Gasteiger partial charge in [0.15, 0.2) is 0 Å². The Morgan fingerprint density at radius 1 is 1.28 bits per heavy atom. The van der Waals surface area contributed by atoms with Gasteiger partial charge in [0.1, 0.15) is 6.33 Å². The van der Waals surface area contributed by atoms with Crippen molar-refractivity contribution in [1.29, 1.82) is 0 Å². The fourth-order valence-electron chi connectivity index (χ4n) is 1.23. The van der Waals surface area contributed by atoms with Crippen LogP contribution in [-0.2, 0) is 0 Å². The summed E-state index contributed by atoms with van der Waals surface area (Å²) in [6.45, 7) is 0. The first-order valence-corrected chi connectivity index (χ1v) is 6.46. The molecule has 0 fully saturated rings. The lowest BCUT2D eigenvalue weighted by Crippen LogP contribution is -2.22. The summed E-state index contributed by atoms with van der Waals surface area (Å²) in [7, 11) is 0. The normalized spacial score (nSPS) is 11.8. The Morgan fingerprint density at radius 2 is 1.89 bits per heavy atom. The first kappa shape index (κ1) is 13.7. The van der Waals surface area contributed by atoms with Crippen LogP contribution in [0.1, 0.15) is 0 Å². The van der Waals surface area contributed by atoms with Crippen LogP contribution in [0, 0.1) is 0 Å². The zero-order chi connectivity index (χ0) is 13.3. The van der Waals surface area contributed by atoms with E-state index in [2.05, 4.69) is 5.10 Å². The zero-order valence-corrected chi connectivity index (χ0v) is 11.6. The maximum atomic E-state index is 13.0. The molecular weight excluding hydrogens is 324 g/mol. The van der Waals surface area contributed by atoms with Crippen molar-refractivity contribution < 1.29 is 4.39 Å². The minimum atomic E-state index is -2.62. The van der Waals surface area contributed by atoms with Crippen molar-refractivity contribution in [3.8, 4) is 5.69 Å². The molecule has 0 aliphatic carbocycles. The monoisotopic (exact) mass is 327 g/mol. The predicted molar refractivity (Wildman–Crippen MR) is 71.4 cm³/mol. The van der Waals surface area contributed by atoms with Gasteiger partial charge in [0.2, 0.25) is 0 Å². The number of halogens is 4. The third-order valence-corrected chi connectivity index (χ3v) is 3.23. The first-order chi connectivity index (χ1) is 8.37. The summed E-state index contributed by atoms with van der Waals surface area (Å²) in [6.07, 6.45) is 1.23. The van der Waals surface area contributed by atoms with Gasteiger partial charge in [0.05, 0.1) is 17.6 Å². The van der Waals surface area contributed by atoms with Crippen molar-refractivity contribution in [2.45, 2.75) is 3.92 Å². The molecule has 96 valence electrons. The minimum absolute atomic E-state index is 0.256. The van der Waals surface area contributed by atoms with Crippen LogP contribution in [0.4, 0.5) is 4.39 Å². The fourth-order valence-corrected chi connectivity index (χ4v) is 2.20. The van der Waals surface area contributed by atoms with Gasteiger partial charge >= 0.3 is 9.61 Å². The molecule has 0 atom stereocenters. The second-order valence-corrected chi connectivity index (χ2v) is 6.38. The first-order valence-electron chi connectivity index (χ1n) is 4.56. The van der Waals surface area contributed by atoms with Crippen LogP contribution >= 0.6 is 46.8 Å². The molecule has 1 heterocycles. The molecule has 0 saturated carbocycles. The minimum Gasteiger partial charge on any atom is -0.249 e. The largest absolute Gasteiger partial charge is 0.361 e. The highest BCUT2D eigenvalue weighted by Crippen LogP contribution is 2.35. The van der Waals surface area contributed by atoms with E-state index in [0.717, 1.165) is 4.09 Å². The summed E-state index contributed by atoms with van der Waals surface area (Å²) in [5.41, 5.74) is -0.0319. The van der Waals surface area contributed by atoms with E-state index in [1.807, 2.05) is 0 Å². The molecule has 0 aliphatic rings. The SMILES string of the molecule is O=c1n(-c2ccc(Cl)cc2)cnn1SC(F)(Cl)Cl. The van der Waals surface area contributed by atoms with Crippen molar-refractivity contribution in [3.05, 3.63) is 46.1 Å². The molecule has 2 rings (SSSR count). The van der Waals surface area contributed by atoms with Crippen molar-refractivity contribution >= 4 is 46.8 Å². The molecule has 0 spiro atoms. The summed E-state index contributed by atoms with van der Waals surface area (Å²) >= 11 is 16.3. The molecule has 0 radical (unpaired) electrons. The highest BCUT2D eigenvalue weighted by Gasteiger charge is 2.27. The van der Waals surface area contributed by atoms with Crippen molar-refractivity contribution in [3.63, 3.8) is 0 Å². The van der Waals surface area contributed by atoms with Gasteiger partial charge in [0, 0.05) is 5.02 Å². The van der Waals surface area contributed by atoms with Crippen LogP contribution in [0.3, 0.4) is 0 Å². The van der Waals surface area contributed by atoms with E-state index in [-0.39, 0.29) is 11.9 Å². The average Bonchev–Trinajstić information content (AvgIpc) is 2.60. The van der Waals surface area contributed by atoms with Gasteiger partial charge in [-0.25, -0.2) is 9.36 Å². The Bertz CT molecular complexity index is 605. The Labute approximate surface area is 120 Å². The summed E-state index contributed by atoms with van der Waals surface area (Å²) in [6, 6.07) is 6.50. The zero-order valence-electron chi connectivity index (χ0n) is 8.56. The molecule has 1 aromatic heterocycles. The summed E-state index contributed by atoms with van der Waals surface area (Å²) in [5, 5.41) is 4.23. The van der Waals surface area contributed by atoms with E-state index in [4.69, 9.17) is 34.8 Å². The smallest absolute Gasteiger partial charge is 0.249 e. The molecule has 0 aliphatic heterocycles. The summed E-state index contributed by atoms with van der Waals surface area (Å²) in [5.74, 6) is 0. The maximum Gasteiger partial charge on any atom is 0.361 e. The molecule has 1 aromatic carbocycles. The van der Waals surface area contributed by atoms with E-state index in [0.29, 0.717) is 10.7 Å². The molecule has 2 aromatic rings. The van der Waals surface area contributed by atoms with Crippen LogP contribution in [0.5, 0.6) is 0 Å². The van der Waals surface area contributed by atoms with Gasteiger partial charge < -0.3 is 0 Å². The molecule has 0 amide bonds. The van der Waals surface area contributed by atoms with E-state index in [1.165, 1.54) is 10.9 Å². The van der Waals surface area contributed by atoms with Crippen LogP contribution in [0.15, 0.2) is 35.4 Å². The summed E-state index contributed by atoms with van der Waals surface area (Å²) in [4.78, 5) is 11.9. The number of rotatable bonds is 3. The lowest BCUT2D eigenvalue weighted by atomic mass is 10.3. The van der Waals surface area contributed by atoms with E-state index >= 15 is 0 Å². The lowest BCUT2D eigenvalue weighted by Gasteiger charge is -2.05. The molecule has 0 saturated heterocycles. The number of benzene rings is 1. The van der Waals surface area contributed by atoms with Crippen LogP contribution in [0.25, 0.3) is 5.69 Å². The van der Waals surface area contributed by atoms with E-state index in [1.54, 1.807) is 24.3 Å². The predicted octanol–water partition coefficient (Wildman–Crippen LogP) is 3.24. The van der Waals surface area contributed by atoms with E-state index < -0.39 is 9.61 Å². The quantitative estimate of drug-likeness (QED) is 0.812. The number of alkyl halides is 3. The third-order valence-electron chi connectivity index (χ3n) is 1.94.